The van der Waals surface area contributed by atoms with Crippen LogP contribution in [0.3, 0.4) is 0 Å². The minimum absolute atomic E-state index is 0.00744. The molecule has 7 nitrogen and oxygen atoms in total. The average Bonchev–Trinajstić information content (AvgIpc) is 2.64. The summed E-state index contributed by atoms with van der Waals surface area (Å²) in [6, 6.07) is 12.6. The number of benzene rings is 2. The summed E-state index contributed by atoms with van der Waals surface area (Å²) in [4.78, 5) is 22.4. The second-order valence-corrected chi connectivity index (χ2v) is 7.53. The molecule has 8 heteroatoms. The Balaban J connectivity index is 1.87. The Labute approximate surface area is 164 Å². The van der Waals surface area contributed by atoms with E-state index < -0.39 is 10.0 Å². The van der Waals surface area contributed by atoms with Gasteiger partial charge in [0.1, 0.15) is 12.4 Å². The van der Waals surface area contributed by atoms with Crippen LogP contribution < -0.4 is 14.8 Å². The van der Waals surface area contributed by atoms with Gasteiger partial charge in [0, 0.05) is 24.2 Å². The summed E-state index contributed by atoms with van der Waals surface area (Å²) in [5.74, 6) is 5.51. The zero-order chi connectivity index (χ0) is 20.6. The molecule has 2 rings (SSSR count). The molecule has 0 aliphatic carbocycles. The highest BCUT2D eigenvalue weighted by Crippen LogP contribution is 2.17. The molecular formula is C20H20N2O5S. The van der Waals surface area contributed by atoms with Crippen LogP contribution >= 0.6 is 0 Å². The lowest BCUT2D eigenvalue weighted by molar-refractivity contribution is -0.114. The molecule has 0 spiro atoms. The number of Topliss-reactive ketones (excluding diaryl/α,β-unsaturated/α-hetero) is 1. The van der Waals surface area contributed by atoms with Gasteiger partial charge >= 0.3 is 0 Å². The van der Waals surface area contributed by atoms with Gasteiger partial charge in [-0.25, -0.2) is 8.42 Å². The van der Waals surface area contributed by atoms with Crippen molar-refractivity contribution in [3.05, 3.63) is 54.1 Å². The van der Waals surface area contributed by atoms with Crippen molar-refractivity contribution in [2.45, 2.75) is 18.7 Å². The molecule has 0 bridgehead atoms. The summed E-state index contributed by atoms with van der Waals surface area (Å²) in [5.41, 5.74) is 0.933. The first-order valence-electron chi connectivity index (χ1n) is 8.35. The van der Waals surface area contributed by atoms with Crippen molar-refractivity contribution in [2.24, 2.45) is 0 Å². The maximum atomic E-state index is 12.2. The zero-order valence-corrected chi connectivity index (χ0v) is 16.3. The SMILES string of the molecule is CC(=O)Nc1cccc(OCC#CCNS(=O)(=O)c2cccc(C(C)=O)c2)c1. The summed E-state index contributed by atoms with van der Waals surface area (Å²) >= 11 is 0. The summed E-state index contributed by atoms with van der Waals surface area (Å²) in [7, 11) is -3.76. The fourth-order valence-corrected chi connectivity index (χ4v) is 3.17. The Morgan fingerprint density at radius 1 is 1.04 bits per heavy atom. The molecule has 0 unspecified atom stereocenters. The second kappa shape index (κ2) is 9.69. The molecule has 28 heavy (non-hydrogen) atoms. The number of ketones is 1. The van der Waals surface area contributed by atoms with Gasteiger partial charge in [0.25, 0.3) is 0 Å². The van der Waals surface area contributed by atoms with Gasteiger partial charge in [-0.15, -0.1) is 0 Å². The van der Waals surface area contributed by atoms with Crippen molar-refractivity contribution >= 4 is 27.4 Å². The molecule has 0 atom stereocenters. The summed E-state index contributed by atoms with van der Waals surface area (Å²) in [5, 5.41) is 2.65. The molecule has 1 amide bonds. The van der Waals surface area contributed by atoms with Crippen LogP contribution in [0.2, 0.25) is 0 Å². The van der Waals surface area contributed by atoms with E-state index in [4.69, 9.17) is 4.74 Å². The van der Waals surface area contributed by atoms with Crippen LogP contribution in [-0.4, -0.2) is 33.3 Å². The maximum Gasteiger partial charge on any atom is 0.241 e. The third-order valence-corrected chi connectivity index (χ3v) is 4.89. The third kappa shape index (κ3) is 6.54. The molecule has 2 N–H and O–H groups in total. The van der Waals surface area contributed by atoms with Gasteiger partial charge in [-0.1, -0.05) is 30.0 Å². The van der Waals surface area contributed by atoms with Crippen LogP contribution in [-0.2, 0) is 14.8 Å². The van der Waals surface area contributed by atoms with E-state index in [2.05, 4.69) is 21.9 Å². The van der Waals surface area contributed by atoms with Crippen molar-refractivity contribution in [1.29, 1.82) is 0 Å². The Morgan fingerprint density at radius 3 is 2.50 bits per heavy atom. The third-order valence-electron chi connectivity index (χ3n) is 3.49. The highest BCUT2D eigenvalue weighted by Gasteiger charge is 2.14. The summed E-state index contributed by atoms with van der Waals surface area (Å²) in [6.07, 6.45) is 0. The Hall–Kier alpha value is -3.15. The van der Waals surface area contributed by atoms with Crippen molar-refractivity contribution in [1.82, 2.24) is 4.72 Å². The standard InChI is InChI=1S/C20H20N2O5S/c1-15(23)17-7-5-10-20(13-17)28(25,26)21-11-3-4-12-27-19-9-6-8-18(14-19)22-16(2)24/h5-10,13-14,21H,11-12H2,1-2H3,(H,22,24). The first kappa shape index (κ1) is 21.2. The summed E-state index contributed by atoms with van der Waals surface area (Å²) in [6.45, 7) is 2.75. The lowest BCUT2D eigenvalue weighted by atomic mass is 10.2. The highest BCUT2D eigenvalue weighted by atomic mass is 32.2. The maximum absolute atomic E-state index is 12.2. The predicted molar refractivity (Wildman–Crippen MR) is 106 cm³/mol. The number of rotatable bonds is 7. The molecule has 2 aromatic rings. The number of carbonyl (C=O) groups is 2. The van der Waals surface area contributed by atoms with Crippen LogP contribution in [0, 0.1) is 11.8 Å². The minimum atomic E-state index is -3.76. The number of hydrogen-bond acceptors (Lipinski definition) is 5. The molecule has 2 aromatic carbocycles. The van der Waals surface area contributed by atoms with Gasteiger partial charge in [0.2, 0.25) is 15.9 Å². The largest absolute Gasteiger partial charge is 0.481 e. The van der Waals surface area contributed by atoms with Crippen molar-refractivity contribution in [2.75, 3.05) is 18.5 Å². The van der Waals surface area contributed by atoms with E-state index in [1.165, 1.54) is 32.0 Å². The number of ether oxygens (including phenoxy) is 1. The minimum Gasteiger partial charge on any atom is -0.481 e. The lowest BCUT2D eigenvalue weighted by Gasteiger charge is -2.06. The van der Waals surface area contributed by atoms with Crippen LogP contribution in [0.4, 0.5) is 5.69 Å². The summed E-state index contributed by atoms with van der Waals surface area (Å²) < 4.78 is 32.3. The van der Waals surface area contributed by atoms with Crippen LogP contribution in [0.5, 0.6) is 5.75 Å². The zero-order valence-electron chi connectivity index (χ0n) is 15.5. The van der Waals surface area contributed by atoms with Crippen molar-refractivity contribution < 1.29 is 22.7 Å². The van der Waals surface area contributed by atoms with Crippen LogP contribution in [0.1, 0.15) is 24.2 Å². The Morgan fingerprint density at radius 2 is 1.79 bits per heavy atom. The molecule has 0 saturated heterocycles. The number of amides is 1. The fourth-order valence-electron chi connectivity index (χ4n) is 2.20. The first-order valence-corrected chi connectivity index (χ1v) is 9.83. The van der Waals surface area contributed by atoms with E-state index in [1.807, 2.05) is 0 Å². The van der Waals surface area contributed by atoms with Gasteiger partial charge in [-0.3, -0.25) is 9.59 Å². The predicted octanol–water partition coefficient (Wildman–Crippen LogP) is 2.21. The number of anilines is 1. The molecule has 0 saturated carbocycles. The van der Waals surface area contributed by atoms with E-state index in [0.29, 0.717) is 17.0 Å². The normalized spacial score (nSPS) is 10.5. The number of nitrogens with one attached hydrogen (secondary N) is 2. The van der Waals surface area contributed by atoms with Gasteiger partial charge in [0.15, 0.2) is 5.78 Å². The monoisotopic (exact) mass is 400 g/mol. The van der Waals surface area contributed by atoms with E-state index in [9.17, 15) is 18.0 Å². The molecule has 0 aromatic heterocycles. The Kier molecular flexibility index (Phi) is 7.32. The van der Waals surface area contributed by atoms with Gasteiger partial charge < -0.3 is 10.1 Å². The molecule has 0 aliphatic heterocycles. The number of hydrogen-bond donors (Lipinski definition) is 2. The van der Waals surface area contributed by atoms with E-state index in [-0.39, 0.29) is 29.7 Å². The molecule has 146 valence electrons. The molecule has 0 heterocycles. The van der Waals surface area contributed by atoms with Gasteiger partial charge in [-0.05, 0) is 31.2 Å². The lowest BCUT2D eigenvalue weighted by Crippen LogP contribution is -2.24. The number of carbonyl (C=O) groups excluding carboxylic acids is 2. The van der Waals surface area contributed by atoms with Crippen LogP contribution in [0.25, 0.3) is 0 Å². The number of sulfonamides is 1. The van der Waals surface area contributed by atoms with E-state index >= 15 is 0 Å². The van der Waals surface area contributed by atoms with E-state index in [1.54, 1.807) is 30.3 Å². The van der Waals surface area contributed by atoms with E-state index in [0.717, 1.165) is 0 Å². The highest BCUT2D eigenvalue weighted by molar-refractivity contribution is 7.89. The Bertz CT molecular complexity index is 1040. The molecule has 0 aliphatic rings. The average molecular weight is 400 g/mol. The topological polar surface area (TPSA) is 102 Å². The molecular weight excluding hydrogens is 380 g/mol. The quantitative estimate of drug-likeness (QED) is 0.548. The fraction of sp³-hybridized carbons (Fsp3) is 0.200. The van der Waals surface area contributed by atoms with Gasteiger partial charge in [-0.2, -0.15) is 4.72 Å². The van der Waals surface area contributed by atoms with Gasteiger partial charge in [0.05, 0.1) is 11.4 Å². The van der Waals surface area contributed by atoms with Crippen molar-refractivity contribution in [3.8, 4) is 17.6 Å². The molecule has 0 fully saturated rings. The molecule has 0 radical (unpaired) electrons. The first-order chi connectivity index (χ1) is 13.3. The van der Waals surface area contributed by atoms with Crippen LogP contribution in [0.15, 0.2) is 53.4 Å². The smallest absolute Gasteiger partial charge is 0.241 e. The second-order valence-electron chi connectivity index (χ2n) is 5.76. The van der Waals surface area contributed by atoms with Crippen molar-refractivity contribution in [3.63, 3.8) is 0 Å².